The van der Waals surface area contributed by atoms with Crippen LogP contribution < -0.4 is 10.2 Å². The van der Waals surface area contributed by atoms with Crippen molar-refractivity contribution >= 4 is 11.9 Å². The third-order valence-electron chi connectivity index (χ3n) is 3.93. The average molecular weight is 276 g/mol. The van der Waals surface area contributed by atoms with Gasteiger partial charge in [-0.2, -0.15) is 0 Å². The fourth-order valence-corrected chi connectivity index (χ4v) is 2.54. The number of carbonyl (C=O) groups excluding carboxylic acids is 1. The molecule has 1 aromatic heterocycles. The average Bonchev–Trinajstić information content (AvgIpc) is 2.46. The van der Waals surface area contributed by atoms with Crippen LogP contribution in [0.3, 0.4) is 0 Å². The summed E-state index contributed by atoms with van der Waals surface area (Å²) in [6.45, 7) is 2.74. The van der Waals surface area contributed by atoms with E-state index in [1.54, 1.807) is 6.20 Å². The molecule has 1 aromatic rings. The Kier molecular flexibility index (Phi) is 4.93. The van der Waals surface area contributed by atoms with Gasteiger partial charge in [0.05, 0.1) is 12.2 Å². The van der Waals surface area contributed by atoms with Crippen molar-refractivity contribution in [2.45, 2.75) is 39.2 Å². The van der Waals surface area contributed by atoms with E-state index in [4.69, 9.17) is 0 Å². The van der Waals surface area contributed by atoms with E-state index >= 15 is 0 Å². The number of aromatic nitrogens is 2. The normalized spacial score (nSPS) is 22.4. The summed E-state index contributed by atoms with van der Waals surface area (Å²) in [6.07, 6.45) is 6.08. The minimum absolute atomic E-state index is 0.168. The Balaban J connectivity index is 1.85. The zero-order valence-electron chi connectivity index (χ0n) is 12.6. The van der Waals surface area contributed by atoms with Crippen LogP contribution >= 0.6 is 0 Å². The summed E-state index contributed by atoms with van der Waals surface area (Å²) in [6, 6.07) is 1.84. The molecule has 20 heavy (non-hydrogen) atoms. The van der Waals surface area contributed by atoms with Gasteiger partial charge in [-0.15, -0.1) is 0 Å². The second kappa shape index (κ2) is 6.68. The fourth-order valence-electron chi connectivity index (χ4n) is 2.54. The molecule has 0 aliphatic heterocycles. The number of nitrogens with zero attached hydrogens (tertiary/aromatic N) is 3. The van der Waals surface area contributed by atoms with E-state index in [0.29, 0.717) is 12.5 Å². The smallest absolute Gasteiger partial charge is 0.225 e. The number of rotatable bonds is 4. The maximum Gasteiger partial charge on any atom is 0.225 e. The zero-order chi connectivity index (χ0) is 14.5. The minimum atomic E-state index is 0.168. The van der Waals surface area contributed by atoms with Gasteiger partial charge in [0, 0.05) is 26.2 Å². The second-order valence-corrected chi connectivity index (χ2v) is 5.92. The molecule has 1 saturated carbocycles. The number of nitrogens with one attached hydrogen (secondary N) is 1. The molecule has 1 fully saturated rings. The Morgan fingerprint density at radius 1 is 1.35 bits per heavy atom. The Hall–Kier alpha value is -1.65. The van der Waals surface area contributed by atoms with Crippen molar-refractivity contribution in [3.63, 3.8) is 0 Å². The predicted octanol–water partition coefficient (Wildman–Crippen LogP) is 1.99. The first-order valence-corrected chi connectivity index (χ1v) is 7.33. The van der Waals surface area contributed by atoms with Gasteiger partial charge in [-0.25, -0.2) is 9.97 Å². The number of amides is 1. The Bertz CT molecular complexity index is 453. The van der Waals surface area contributed by atoms with Crippen molar-refractivity contribution in [2.24, 2.45) is 11.8 Å². The van der Waals surface area contributed by atoms with Gasteiger partial charge in [0.2, 0.25) is 11.9 Å². The van der Waals surface area contributed by atoms with Crippen molar-refractivity contribution in [2.75, 3.05) is 19.0 Å². The third-order valence-corrected chi connectivity index (χ3v) is 3.93. The first-order chi connectivity index (χ1) is 9.56. The molecule has 1 N–H and O–H groups in total. The number of anilines is 1. The number of hydrogen-bond acceptors (Lipinski definition) is 4. The van der Waals surface area contributed by atoms with Gasteiger partial charge in [0.25, 0.3) is 0 Å². The van der Waals surface area contributed by atoms with Crippen LogP contribution in [0.25, 0.3) is 0 Å². The maximum absolute atomic E-state index is 12.1. The van der Waals surface area contributed by atoms with Crippen LogP contribution in [0.5, 0.6) is 0 Å². The molecule has 5 heteroatoms. The number of hydrogen-bond donors (Lipinski definition) is 1. The summed E-state index contributed by atoms with van der Waals surface area (Å²) in [5, 5.41) is 3.00. The highest BCUT2D eigenvalue weighted by Crippen LogP contribution is 2.28. The predicted molar refractivity (Wildman–Crippen MR) is 79.3 cm³/mol. The molecule has 0 saturated heterocycles. The highest BCUT2D eigenvalue weighted by atomic mass is 16.1. The maximum atomic E-state index is 12.1. The van der Waals surface area contributed by atoms with Gasteiger partial charge < -0.3 is 10.2 Å². The third kappa shape index (κ3) is 3.92. The summed E-state index contributed by atoms with van der Waals surface area (Å²) in [5.41, 5.74) is 0.848. The summed E-state index contributed by atoms with van der Waals surface area (Å²) in [7, 11) is 3.81. The Morgan fingerprint density at radius 3 is 2.70 bits per heavy atom. The van der Waals surface area contributed by atoms with Crippen molar-refractivity contribution in [3.05, 3.63) is 18.0 Å². The lowest BCUT2D eigenvalue weighted by molar-refractivity contribution is -0.126. The Labute approximate surface area is 120 Å². The number of carbonyl (C=O) groups is 1. The molecule has 0 spiro atoms. The van der Waals surface area contributed by atoms with E-state index in [0.717, 1.165) is 37.3 Å². The van der Waals surface area contributed by atoms with Crippen molar-refractivity contribution in [3.8, 4) is 0 Å². The largest absolute Gasteiger partial charge is 0.350 e. The molecule has 110 valence electrons. The molecule has 0 aromatic carbocycles. The van der Waals surface area contributed by atoms with Gasteiger partial charge in [0.15, 0.2) is 0 Å². The zero-order valence-corrected chi connectivity index (χ0v) is 12.6. The van der Waals surface area contributed by atoms with Gasteiger partial charge >= 0.3 is 0 Å². The molecular formula is C15H24N4O. The molecule has 2 rings (SSSR count). The van der Waals surface area contributed by atoms with E-state index in [-0.39, 0.29) is 11.8 Å². The first-order valence-electron chi connectivity index (χ1n) is 7.33. The standard InChI is InChI=1S/C15H24N4O/c1-11-4-6-12(7-5-11)14(20)17-10-13-8-9-16-15(18-13)19(2)3/h8-9,11-12H,4-7,10H2,1-3H3,(H,17,20). The Morgan fingerprint density at radius 2 is 2.05 bits per heavy atom. The molecule has 0 unspecified atom stereocenters. The van der Waals surface area contributed by atoms with Crippen LogP contribution in [0, 0.1) is 11.8 Å². The van der Waals surface area contributed by atoms with Crippen molar-refractivity contribution < 1.29 is 4.79 Å². The SMILES string of the molecule is CC1CCC(C(=O)NCc2ccnc(N(C)C)n2)CC1. The van der Waals surface area contributed by atoms with Crippen molar-refractivity contribution in [1.82, 2.24) is 15.3 Å². The topological polar surface area (TPSA) is 58.1 Å². The molecule has 1 aliphatic rings. The molecule has 0 radical (unpaired) electrons. The van der Waals surface area contributed by atoms with E-state index in [1.165, 1.54) is 0 Å². The molecule has 5 nitrogen and oxygen atoms in total. The molecule has 0 bridgehead atoms. The molecule has 1 aliphatic carbocycles. The highest BCUT2D eigenvalue weighted by molar-refractivity contribution is 5.78. The summed E-state index contributed by atoms with van der Waals surface area (Å²) in [4.78, 5) is 22.6. The monoisotopic (exact) mass is 276 g/mol. The van der Waals surface area contributed by atoms with E-state index < -0.39 is 0 Å². The van der Waals surface area contributed by atoms with Crippen LogP contribution in [0.2, 0.25) is 0 Å². The van der Waals surface area contributed by atoms with Gasteiger partial charge in [0.1, 0.15) is 0 Å². The lowest BCUT2D eigenvalue weighted by Gasteiger charge is -2.25. The van der Waals surface area contributed by atoms with Crippen LogP contribution in [0.1, 0.15) is 38.3 Å². The van der Waals surface area contributed by atoms with E-state index in [9.17, 15) is 4.79 Å². The van der Waals surface area contributed by atoms with Crippen molar-refractivity contribution in [1.29, 1.82) is 0 Å². The van der Waals surface area contributed by atoms with Crippen LogP contribution in [-0.4, -0.2) is 30.0 Å². The van der Waals surface area contributed by atoms with Gasteiger partial charge in [-0.1, -0.05) is 6.92 Å². The highest BCUT2D eigenvalue weighted by Gasteiger charge is 2.23. The van der Waals surface area contributed by atoms with Crippen LogP contribution in [0.4, 0.5) is 5.95 Å². The molecule has 0 atom stereocenters. The lowest BCUT2D eigenvalue weighted by Crippen LogP contribution is -2.32. The van der Waals surface area contributed by atoms with E-state index in [2.05, 4.69) is 22.2 Å². The quantitative estimate of drug-likeness (QED) is 0.913. The molecule has 1 heterocycles. The molecule has 1 amide bonds. The lowest BCUT2D eigenvalue weighted by atomic mass is 9.82. The summed E-state index contributed by atoms with van der Waals surface area (Å²) in [5.74, 6) is 1.79. The minimum Gasteiger partial charge on any atom is -0.350 e. The second-order valence-electron chi connectivity index (χ2n) is 5.92. The fraction of sp³-hybridized carbons (Fsp3) is 0.667. The van der Waals surface area contributed by atoms with Gasteiger partial charge in [-0.05, 0) is 37.7 Å². The first kappa shape index (κ1) is 14.8. The van der Waals surface area contributed by atoms with Crippen LogP contribution in [-0.2, 0) is 11.3 Å². The van der Waals surface area contributed by atoms with Gasteiger partial charge in [-0.3, -0.25) is 4.79 Å². The summed E-state index contributed by atoms with van der Waals surface area (Å²) < 4.78 is 0. The van der Waals surface area contributed by atoms with Crippen LogP contribution in [0.15, 0.2) is 12.3 Å². The summed E-state index contributed by atoms with van der Waals surface area (Å²) >= 11 is 0. The molecular weight excluding hydrogens is 252 g/mol. The van der Waals surface area contributed by atoms with E-state index in [1.807, 2.05) is 25.1 Å².